The topological polar surface area (TPSA) is 49.9 Å². The van der Waals surface area contributed by atoms with E-state index in [0.717, 1.165) is 11.1 Å². The minimum Gasteiger partial charge on any atom is -0.384 e. The molecule has 0 bridgehead atoms. The first kappa shape index (κ1) is 10.7. The molecule has 0 spiro atoms. The lowest BCUT2D eigenvalue weighted by molar-refractivity contribution is 1.42. The van der Waals surface area contributed by atoms with Gasteiger partial charge in [0, 0.05) is 10.6 Å². The van der Waals surface area contributed by atoms with Crippen molar-refractivity contribution in [2.24, 2.45) is 5.73 Å². The van der Waals surface area contributed by atoms with Crippen LogP contribution in [0.15, 0.2) is 42.5 Å². The van der Waals surface area contributed by atoms with Crippen LogP contribution >= 0.6 is 11.6 Å². The standard InChI is InChI=1S/C13H10ClN2/c14-12-6-2-4-10(8-12)9-3-1-5-11(7-9)13(15)16/h1-2,4-8H,(H3,15,16). The third-order valence-corrected chi connectivity index (χ3v) is 2.48. The van der Waals surface area contributed by atoms with Gasteiger partial charge in [-0.15, -0.1) is 0 Å². The van der Waals surface area contributed by atoms with Crippen molar-refractivity contribution < 1.29 is 0 Å². The first-order chi connectivity index (χ1) is 7.66. The van der Waals surface area contributed by atoms with Gasteiger partial charge in [-0.1, -0.05) is 35.9 Å². The summed E-state index contributed by atoms with van der Waals surface area (Å²) >= 11 is 5.92. The highest BCUT2D eigenvalue weighted by Gasteiger charge is 2.01. The van der Waals surface area contributed by atoms with Crippen LogP contribution in [0, 0.1) is 11.5 Å². The summed E-state index contributed by atoms with van der Waals surface area (Å²) in [7, 11) is 0. The Kier molecular flexibility index (Phi) is 2.93. The number of hydrogen-bond donors (Lipinski definition) is 2. The summed E-state index contributed by atoms with van der Waals surface area (Å²) in [5.74, 6) is 0.0530. The molecule has 0 unspecified atom stereocenters. The summed E-state index contributed by atoms with van der Waals surface area (Å²) in [6, 6.07) is 15.9. The van der Waals surface area contributed by atoms with Gasteiger partial charge in [0.15, 0.2) is 0 Å². The molecular formula is C13H10ClN2. The Morgan fingerprint density at radius 1 is 1.25 bits per heavy atom. The third kappa shape index (κ3) is 2.23. The van der Waals surface area contributed by atoms with Crippen LogP contribution in [0.25, 0.3) is 11.1 Å². The van der Waals surface area contributed by atoms with E-state index in [1.54, 1.807) is 12.1 Å². The highest BCUT2D eigenvalue weighted by atomic mass is 35.5. The number of amidine groups is 1. The van der Waals surface area contributed by atoms with Crippen LogP contribution in [0.1, 0.15) is 5.56 Å². The van der Waals surface area contributed by atoms with Crippen molar-refractivity contribution in [1.29, 1.82) is 5.41 Å². The molecule has 0 aromatic heterocycles. The molecule has 0 saturated heterocycles. The predicted octanol–water partition coefficient (Wildman–Crippen LogP) is 3.09. The minimum absolute atomic E-state index is 0.0530. The molecule has 2 aromatic carbocycles. The number of hydrogen-bond acceptors (Lipinski definition) is 1. The molecule has 2 rings (SSSR count). The second kappa shape index (κ2) is 4.37. The van der Waals surface area contributed by atoms with Crippen molar-refractivity contribution >= 4 is 17.4 Å². The maximum absolute atomic E-state index is 7.37. The van der Waals surface area contributed by atoms with Gasteiger partial charge in [0.25, 0.3) is 0 Å². The fraction of sp³-hybridized carbons (Fsp3) is 0. The smallest absolute Gasteiger partial charge is 0.122 e. The van der Waals surface area contributed by atoms with Crippen LogP contribution in [0.3, 0.4) is 0 Å². The van der Waals surface area contributed by atoms with E-state index in [2.05, 4.69) is 6.07 Å². The molecule has 79 valence electrons. The molecule has 0 aliphatic carbocycles. The summed E-state index contributed by atoms with van der Waals surface area (Å²) < 4.78 is 0. The van der Waals surface area contributed by atoms with Crippen molar-refractivity contribution in [2.75, 3.05) is 0 Å². The van der Waals surface area contributed by atoms with Gasteiger partial charge in [-0.2, -0.15) is 0 Å². The molecule has 2 aromatic rings. The molecular weight excluding hydrogens is 220 g/mol. The van der Waals surface area contributed by atoms with E-state index in [9.17, 15) is 0 Å². The molecule has 0 heterocycles. The van der Waals surface area contributed by atoms with E-state index in [0.29, 0.717) is 10.6 Å². The average Bonchev–Trinajstić information content (AvgIpc) is 2.29. The van der Waals surface area contributed by atoms with E-state index >= 15 is 0 Å². The SMILES string of the molecule is N=C(N)c1cc[c]c(-c2cccc(Cl)c2)c1. The molecule has 0 fully saturated rings. The van der Waals surface area contributed by atoms with Crippen LogP contribution in [-0.2, 0) is 0 Å². The summed E-state index contributed by atoms with van der Waals surface area (Å²) in [4.78, 5) is 0. The Morgan fingerprint density at radius 2 is 2.06 bits per heavy atom. The van der Waals surface area contributed by atoms with Crippen LogP contribution in [-0.4, -0.2) is 5.84 Å². The van der Waals surface area contributed by atoms with Gasteiger partial charge in [-0.3, -0.25) is 5.41 Å². The Morgan fingerprint density at radius 3 is 2.75 bits per heavy atom. The number of nitrogen functional groups attached to an aromatic ring is 1. The lowest BCUT2D eigenvalue weighted by Gasteiger charge is -2.04. The van der Waals surface area contributed by atoms with Gasteiger partial charge in [0.05, 0.1) is 0 Å². The minimum atomic E-state index is 0.0530. The van der Waals surface area contributed by atoms with Crippen LogP contribution in [0.4, 0.5) is 0 Å². The van der Waals surface area contributed by atoms with Gasteiger partial charge >= 0.3 is 0 Å². The van der Waals surface area contributed by atoms with Crippen molar-refractivity contribution in [3.05, 3.63) is 59.1 Å². The lowest BCUT2D eigenvalue weighted by Crippen LogP contribution is -2.10. The number of nitrogens with one attached hydrogen (secondary N) is 1. The average molecular weight is 230 g/mol. The van der Waals surface area contributed by atoms with Crippen LogP contribution < -0.4 is 5.73 Å². The summed E-state index contributed by atoms with van der Waals surface area (Å²) in [5.41, 5.74) is 7.98. The number of rotatable bonds is 2. The highest BCUT2D eigenvalue weighted by molar-refractivity contribution is 6.30. The first-order valence-electron chi connectivity index (χ1n) is 4.79. The van der Waals surface area contributed by atoms with Gasteiger partial charge < -0.3 is 5.73 Å². The van der Waals surface area contributed by atoms with E-state index in [-0.39, 0.29) is 5.84 Å². The first-order valence-corrected chi connectivity index (χ1v) is 5.17. The van der Waals surface area contributed by atoms with Gasteiger partial charge in [0.1, 0.15) is 5.84 Å². The number of benzene rings is 2. The molecule has 16 heavy (non-hydrogen) atoms. The summed E-state index contributed by atoms with van der Waals surface area (Å²) in [6.07, 6.45) is 0. The lowest BCUT2D eigenvalue weighted by atomic mass is 10.0. The Hall–Kier alpha value is -1.80. The van der Waals surface area contributed by atoms with Gasteiger partial charge in [-0.25, -0.2) is 0 Å². The van der Waals surface area contributed by atoms with Gasteiger partial charge in [0.2, 0.25) is 0 Å². The predicted molar refractivity (Wildman–Crippen MR) is 66.7 cm³/mol. The van der Waals surface area contributed by atoms with E-state index in [1.807, 2.05) is 30.3 Å². The maximum Gasteiger partial charge on any atom is 0.122 e. The molecule has 1 radical (unpaired) electrons. The molecule has 0 amide bonds. The normalized spacial score (nSPS) is 10.1. The number of halogens is 1. The van der Waals surface area contributed by atoms with E-state index in [1.165, 1.54) is 0 Å². The van der Waals surface area contributed by atoms with E-state index < -0.39 is 0 Å². The van der Waals surface area contributed by atoms with Crippen LogP contribution in [0.2, 0.25) is 5.02 Å². The second-order valence-electron chi connectivity index (χ2n) is 3.42. The van der Waals surface area contributed by atoms with Crippen molar-refractivity contribution in [1.82, 2.24) is 0 Å². The molecule has 3 N–H and O–H groups in total. The quantitative estimate of drug-likeness (QED) is 0.604. The Labute approximate surface area is 99.2 Å². The van der Waals surface area contributed by atoms with E-state index in [4.69, 9.17) is 22.7 Å². The molecule has 0 atom stereocenters. The largest absolute Gasteiger partial charge is 0.384 e. The molecule has 3 heteroatoms. The Bertz CT molecular complexity index is 535. The van der Waals surface area contributed by atoms with Crippen molar-refractivity contribution in [3.8, 4) is 11.1 Å². The second-order valence-corrected chi connectivity index (χ2v) is 3.85. The molecule has 0 aliphatic heterocycles. The highest BCUT2D eigenvalue weighted by Crippen LogP contribution is 2.22. The fourth-order valence-corrected chi connectivity index (χ4v) is 1.65. The zero-order chi connectivity index (χ0) is 11.5. The molecule has 2 nitrogen and oxygen atoms in total. The fourth-order valence-electron chi connectivity index (χ4n) is 1.46. The van der Waals surface area contributed by atoms with Crippen molar-refractivity contribution in [3.63, 3.8) is 0 Å². The van der Waals surface area contributed by atoms with Gasteiger partial charge in [-0.05, 0) is 35.4 Å². The number of nitrogens with two attached hydrogens (primary N) is 1. The molecule has 0 aliphatic rings. The summed E-state index contributed by atoms with van der Waals surface area (Å²) in [6.45, 7) is 0. The monoisotopic (exact) mass is 229 g/mol. The third-order valence-electron chi connectivity index (χ3n) is 2.25. The molecule has 0 saturated carbocycles. The zero-order valence-electron chi connectivity index (χ0n) is 8.50. The summed E-state index contributed by atoms with van der Waals surface area (Å²) in [5, 5.41) is 8.05. The van der Waals surface area contributed by atoms with Crippen molar-refractivity contribution in [2.45, 2.75) is 0 Å². The zero-order valence-corrected chi connectivity index (χ0v) is 9.25. The van der Waals surface area contributed by atoms with Crippen LogP contribution in [0.5, 0.6) is 0 Å². The maximum atomic E-state index is 7.37. The Balaban J connectivity index is 2.48.